The topological polar surface area (TPSA) is 70.2 Å². The summed E-state index contributed by atoms with van der Waals surface area (Å²) in [5.41, 5.74) is 0.892. The monoisotopic (exact) mass is 237 g/mol. The number of hydrogen-bond acceptors (Lipinski definition) is 5. The van der Waals surface area contributed by atoms with Crippen LogP contribution in [-0.4, -0.2) is 48.5 Å². The molecule has 94 valence electrons. The average molecular weight is 237 g/mol. The van der Waals surface area contributed by atoms with E-state index >= 15 is 0 Å². The van der Waals surface area contributed by atoms with Crippen molar-refractivity contribution in [1.29, 1.82) is 0 Å². The Morgan fingerprint density at radius 1 is 1.35 bits per heavy atom. The normalized spacial score (nSPS) is 10.4. The lowest BCUT2D eigenvalue weighted by Gasteiger charge is -2.15. The minimum absolute atomic E-state index is 0.0495. The molecule has 1 aromatic heterocycles. The second-order valence-electron chi connectivity index (χ2n) is 3.80. The van der Waals surface area contributed by atoms with Gasteiger partial charge in [0, 0.05) is 33.6 Å². The Morgan fingerprint density at radius 3 is 2.65 bits per heavy atom. The number of amides is 1. The van der Waals surface area contributed by atoms with Crippen LogP contribution < -0.4 is 10.6 Å². The third-order valence-corrected chi connectivity index (χ3v) is 2.39. The van der Waals surface area contributed by atoms with E-state index in [1.807, 2.05) is 11.9 Å². The number of carbonyl (C=O) groups excluding carboxylic acids is 1. The molecule has 6 nitrogen and oxygen atoms in total. The molecule has 0 bridgehead atoms. The van der Waals surface area contributed by atoms with E-state index in [1.54, 1.807) is 26.5 Å². The smallest absolute Gasteiger partial charge is 0.221 e. The first kappa shape index (κ1) is 13.4. The lowest BCUT2D eigenvalue weighted by molar-refractivity contribution is -0.120. The summed E-state index contributed by atoms with van der Waals surface area (Å²) in [5.74, 6) is 0.801. The molecule has 6 heteroatoms. The fourth-order valence-corrected chi connectivity index (χ4v) is 1.34. The molecular formula is C11H19N5O. The molecule has 0 aliphatic rings. The molecule has 1 heterocycles. The first-order chi connectivity index (χ1) is 8.15. The van der Waals surface area contributed by atoms with Crippen molar-refractivity contribution in [3.63, 3.8) is 0 Å². The molecule has 0 saturated heterocycles. The molecule has 0 aliphatic carbocycles. The molecule has 0 aliphatic heterocycles. The zero-order chi connectivity index (χ0) is 12.7. The van der Waals surface area contributed by atoms with E-state index in [1.165, 1.54) is 0 Å². The largest absolute Gasteiger partial charge is 0.372 e. The fourth-order valence-electron chi connectivity index (χ4n) is 1.34. The lowest BCUT2D eigenvalue weighted by atomic mass is 10.3. The van der Waals surface area contributed by atoms with Crippen LogP contribution in [0.15, 0.2) is 12.4 Å². The van der Waals surface area contributed by atoms with Crippen molar-refractivity contribution >= 4 is 11.7 Å². The van der Waals surface area contributed by atoms with Gasteiger partial charge in [-0.2, -0.15) is 0 Å². The molecule has 0 saturated carbocycles. The molecule has 0 unspecified atom stereocenters. The Balaban J connectivity index is 2.39. The van der Waals surface area contributed by atoms with Gasteiger partial charge in [-0.1, -0.05) is 0 Å². The number of nitrogens with zero attached hydrogens (tertiary/aromatic N) is 3. The molecule has 0 radical (unpaired) electrons. The first-order valence-corrected chi connectivity index (χ1v) is 5.53. The van der Waals surface area contributed by atoms with E-state index in [0.717, 1.165) is 11.5 Å². The zero-order valence-electron chi connectivity index (χ0n) is 10.5. The summed E-state index contributed by atoms with van der Waals surface area (Å²) in [7, 11) is 5.40. The summed E-state index contributed by atoms with van der Waals surface area (Å²) >= 11 is 0. The molecule has 17 heavy (non-hydrogen) atoms. The van der Waals surface area contributed by atoms with Gasteiger partial charge in [-0.15, -0.1) is 0 Å². The summed E-state index contributed by atoms with van der Waals surface area (Å²) in [4.78, 5) is 21.6. The van der Waals surface area contributed by atoms with Gasteiger partial charge < -0.3 is 10.6 Å². The van der Waals surface area contributed by atoms with Gasteiger partial charge in [0.25, 0.3) is 0 Å². The molecular weight excluding hydrogens is 218 g/mol. The predicted octanol–water partition coefficient (Wildman–Crippen LogP) is 0.0862. The number of rotatable bonds is 6. The van der Waals surface area contributed by atoms with Gasteiger partial charge in [0.15, 0.2) is 0 Å². The highest BCUT2D eigenvalue weighted by Crippen LogP contribution is 2.02. The highest BCUT2D eigenvalue weighted by atomic mass is 16.1. The Hall–Kier alpha value is -1.69. The van der Waals surface area contributed by atoms with Crippen molar-refractivity contribution in [3.8, 4) is 0 Å². The van der Waals surface area contributed by atoms with Gasteiger partial charge in [-0.3, -0.25) is 14.7 Å². The summed E-state index contributed by atoms with van der Waals surface area (Å²) < 4.78 is 0. The highest BCUT2D eigenvalue weighted by Gasteiger charge is 2.04. The minimum Gasteiger partial charge on any atom is -0.372 e. The highest BCUT2D eigenvalue weighted by molar-refractivity contribution is 5.75. The van der Waals surface area contributed by atoms with Crippen LogP contribution >= 0.6 is 0 Å². The van der Waals surface area contributed by atoms with Crippen molar-refractivity contribution < 1.29 is 4.79 Å². The molecule has 1 aromatic rings. The third kappa shape index (κ3) is 4.78. The van der Waals surface area contributed by atoms with Gasteiger partial charge in [-0.05, 0) is 7.05 Å². The van der Waals surface area contributed by atoms with E-state index in [0.29, 0.717) is 19.5 Å². The van der Waals surface area contributed by atoms with Gasteiger partial charge in [0.05, 0.1) is 18.1 Å². The fraction of sp³-hybridized carbons (Fsp3) is 0.545. The SMILES string of the molecule is CNC(=O)CCN(C)Cc1cnc(NC)cn1. The maximum atomic E-state index is 11.1. The predicted molar refractivity (Wildman–Crippen MR) is 66.6 cm³/mol. The van der Waals surface area contributed by atoms with E-state index in [4.69, 9.17) is 0 Å². The molecule has 2 N–H and O–H groups in total. The molecule has 0 aromatic carbocycles. The van der Waals surface area contributed by atoms with Crippen LogP contribution in [0, 0.1) is 0 Å². The van der Waals surface area contributed by atoms with Crippen molar-refractivity contribution in [2.75, 3.05) is 33.0 Å². The number of anilines is 1. The van der Waals surface area contributed by atoms with Crippen LogP contribution in [0.2, 0.25) is 0 Å². The van der Waals surface area contributed by atoms with Gasteiger partial charge in [0.2, 0.25) is 5.91 Å². The Labute approximate surface area is 101 Å². The quantitative estimate of drug-likeness (QED) is 0.733. The van der Waals surface area contributed by atoms with Crippen molar-refractivity contribution in [2.45, 2.75) is 13.0 Å². The second-order valence-corrected chi connectivity index (χ2v) is 3.80. The molecule has 0 fully saturated rings. The van der Waals surface area contributed by atoms with Gasteiger partial charge in [0.1, 0.15) is 5.82 Å². The van der Waals surface area contributed by atoms with Crippen LogP contribution in [0.1, 0.15) is 12.1 Å². The number of nitrogens with one attached hydrogen (secondary N) is 2. The summed E-state index contributed by atoms with van der Waals surface area (Å²) in [6.45, 7) is 1.39. The molecule has 1 rings (SSSR count). The summed E-state index contributed by atoms with van der Waals surface area (Å²) in [6.07, 6.45) is 3.93. The maximum Gasteiger partial charge on any atom is 0.221 e. The zero-order valence-corrected chi connectivity index (χ0v) is 10.5. The van der Waals surface area contributed by atoms with Crippen LogP contribution in [0.5, 0.6) is 0 Å². The number of hydrogen-bond donors (Lipinski definition) is 2. The van der Waals surface area contributed by atoms with E-state index in [9.17, 15) is 4.79 Å². The van der Waals surface area contributed by atoms with Crippen molar-refractivity contribution in [3.05, 3.63) is 18.1 Å². The standard InChI is InChI=1S/C11H19N5O/c1-12-10-7-14-9(6-15-10)8-16(3)5-4-11(17)13-2/h6-7H,4-5,8H2,1-3H3,(H,12,15)(H,13,17). The molecule has 1 amide bonds. The van der Waals surface area contributed by atoms with Crippen LogP contribution in [0.25, 0.3) is 0 Å². The van der Waals surface area contributed by atoms with E-state index < -0.39 is 0 Å². The number of carbonyl (C=O) groups is 1. The van der Waals surface area contributed by atoms with Crippen LogP contribution in [-0.2, 0) is 11.3 Å². The van der Waals surface area contributed by atoms with Crippen LogP contribution in [0.4, 0.5) is 5.82 Å². The van der Waals surface area contributed by atoms with Crippen LogP contribution in [0.3, 0.4) is 0 Å². The average Bonchev–Trinajstić information content (AvgIpc) is 2.36. The minimum atomic E-state index is 0.0495. The number of aromatic nitrogens is 2. The Kier molecular flexibility index (Phi) is 5.35. The van der Waals surface area contributed by atoms with Crippen molar-refractivity contribution in [1.82, 2.24) is 20.2 Å². The van der Waals surface area contributed by atoms with Gasteiger partial charge >= 0.3 is 0 Å². The van der Waals surface area contributed by atoms with Gasteiger partial charge in [-0.25, -0.2) is 4.98 Å². The Morgan fingerprint density at radius 2 is 2.12 bits per heavy atom. The Bertz CT molecular complexity index is 351. The summed E-state index contributed by atoms with van der Waals surface area (Å²) in [5, 5.41) is 5.51. The lowest BCUT2D eigenvalue weighted by Crippen LogP contribution is -2.26. The second kappa shape index (κ2) is 6.80. The van der Waals surface area contributed by atoms with E-state index in [-0.39, 0.29) is 5.91 Å². The summed E-state index contributed by atoms with van der Waals surface area (Å²) in [6, 6.07) is 0. The van der Waals surface area contributed by atoms with E-state index in [2.05, 4.69) is 20.6 Å². The van der Waals surface area contributed by atoms with Crippen molar-refractivity contribution in [2.24, 2.45) is 0 Å². The maximum absolute atomic E-state index is 11.1. The molecule has 0 atom stereocenters. The third-order valence-electron chi connectivity index (χ3n) is 2.39. The first-order valence-electron chi connectivity index (χ1n) is 5.53. The molecule has 0 spiro atoms.